The lowest BCUT2D eigenvalue weighted by Gasteiger charge is -2.34. The molecule has 3 rings (SSSR count). The second kappa shape index (κ2) is 14.3. The second-order valence-corrected chi connectivity index (χ2v) is 13.1. The third-order valence-corrected chi connectivity index (χ3v) is 7.77. The normalized spacial score (nSPS) is 12.3. The summed E-state index contributed by atoms with van der Waals surface area (Å²) in [6, 6.07) is 21.2. The molecule has 0 saturated heterocycles. The monoisotopic (exact) mass is 597 g/mol. The Morgan fingerprint density at radius 3 is 2.14 bits per heavy atom. The van der Waals surface area contributed by atoms with Gasteiger partial charge in [0.05, 0.1) is 19.1 Å². The molecule has 42 heavy (non-hydrogen) atoms. The largest absolute Gasteiger partial charge is 0.497 e. The van der Waals surface area contributed by atoms with Crippen molar-refractivity contribution >= 4 is 27.5 Å². The van der Waals surface area contributed by atoms with Crippen molar-refractivity contribution in [2.24, 2.45) is 0 Å². The molecule has 2 amide bonds. The number of carbonyl (C=O) groups excluding carboxylic acids is 2. The summed E-state index contributed by atoms with van der Waals surface area (Å²) in [5, 5.41) is 2.98. The first kappa shape index (κ1) is 32.6. The summed E-state index contributed by atoms with van der Waals surface area (Å²) in [5.41, 5.74) is 1.01. The number of nitrogens with one attached hydrogen (secondary N) is 1. The number of carbonyl (C=O) groups is 2. The quantitative estimate of drug-likeness (QED) is 0.301. The number of methoxy groups -OCH3 is 1. The average Bonchev–Trinajstić information content (AvgIpc) is 2.93. The van der Waals surface area contributed by atoms with Crippen LogP contribution in [-0.2, 0) is 32.6 Å². The van der Waals surface area contributed by atoms with E-state index in [1.807, 2.05) is 51.1 Å². The fourth-order valence-electron chi connectivity index (χ4n) is 4.57. The standard InChI is InChI=1S/C32H40FN3O5S/c1-32(2,3)34-31(38)29(22-24-12-7-6-8-13-24)35(23-25-14-9-10-15-28(25)33)30(37)16-11-21-36(42(5,39)40)26-17-19-27(41-4)20-18-26/h6-10,12-15,17-20,29H,11,16,21-23H2,1-5H3,(H,34,38)/t29-/m1/s1. The minimum atomic E-state index is -3.65. The molecule has 0 fully saturated rings. The number of halogens is 1. The Kier molecular flexibility index (Phi) is 11.1. The van der Waals surface area contributed by atoms with Crippen LogP contribution >= 0.6 is 0 Å². The van der Waals surface area contributed by atoms with Crippen molar-refractivity contribution in [1.82, 2.24) is 10.2 Å². The lowest BCUT2D eigenvalue weighted by Crippen LogP contribution is -2.54. The van der Waals surface area contributed by atoms with E-state index in [9.17, 15) is 22.4 Å². The number of sulfonamides is 1. The fourth-order valence-corrected chi connectivity index (χ4v) is 5.53. The van der Waals surface area contributed by atoms with Gasteiger partial charge in [-0.15, -0.1) is 0 Å². The highest BCUT2D eigenvalue weighted by Crippen LogP contribution is 2.23. The van der Waals surface area contributed by atoms with E-state index in [0.717, 1.165) is 11.8 Å². The molecule has 0 aliphatic carbocycles. The van der Waals surface area contributed by atoms with Gasteiger partial charge in [0.1, 0.15) is 17.6 Å². The van der Waals surface area contributed by atoms with Gasteiger partial charge in [0.25, 0.3) is 0 Å². The molecule has 1 atom stereocenters. The van der Waals surface area contributed by atoms with Gasteiger partial charge in [-0.05, 0) is 63.1 Å². The van der Waals surface area contributed by atoms with Gasteiger partial charge in [0, 0.05) is 37.0 Å². The Balaban J connectivity index is 1.90. The molecule has 8 nitrogen and oxygen atoms in total. The molecule has 3 aromatic carbocycles. The van der Waals surface area contributed by atoms with Crippen molar-refractivity contribution in [3.05, 3.63) is 95.8 Å². The van der Waals surface area contributed by atoms with Crippen LogP contribution in [0, 0.1) is 5.82 Å². The van der Waals surface area contributed by atoms with Crippen molar-refractivity contribution in [1.29, 1.82) is 0 Å². The van der Waals surface area contributed by atoms with Crippen LogP contribution in [0.3, 0.4) is 0 Å². The summed E-state index contributed by atoms with van der Waals surface area (Å²) in [6.07, 6.45) is 1.47. The van der Waals surface area contributed by atoms with Gasteiger partial charge in [-0.2, -0.15) is 0 Å². The van der Waals surface area contributed by atoms with Crippen LogP contribution in [0.1, 0.15) is 44.7 Å². The molecule has 3 aromatic rings. The van der Waals surface area contributed by atoms with Gasteiger partial charge in [-0.1, -0.05) is 48.5 Å². The molecule has 226 valence electrons. The summed E-state index contributed by atoms with van der Waals surface area (Å²) in [5.74, 6) is -0.629. The minimum Gasteiger partial charge on any atom is -0.497 e. The molecule has 10 heteroatoms. The molecule has 0 aliphatic heterocycles. The summed E-state index contributed by atoms with van der Waals surface area (Å²) in [6.45, 7) is 5.49. The summed E-state index contributed by atoms with van der Waals surface area (Å²) < 4.78 is 46.4. The topological polar surface area (TPSA) is 96.0 Å². The predicted octanol–water partition coefficient (Wildman–Crippen LogP) is 4.94. The van der Waals surface area contributed by atoms with Gasteiger partial charge >= 0.3 is 0 Å². The maximum absolute atomic E-state index is 14.8. The van der Waals surface area contributed by atoms with Crippen molar-refractivity contribution in [3.63, 3.8) is 0 Å². The van der Waals surface area contributed by atoms with E-state index in [4.69, 9.17) is 4.74 Å². The zero-order valence-electron chi connectivity index (χ0n) is 24.8. The first-order valence-corrected chi connectivity index (χ1v) is 15.6. The van der Waals surface area contributed by atoms with Crippen molar-refractivity contribution < 1.29 is 27.1 Å². The molecule has 0 aromatic heterocycles. The molecule has 0 bridgehead atoms. The summed E-state index contributed by atoms with van der Waals surface area (Å²) in [4.78, 5) is 28.9. The number of rotatable bonds is 13. The molecule has 0 heterocycles. The number of hydrogen-bond donors (Lipinski definition) is 1. The van der Waals surface area contributed by atoms with Crippen LogP contribution in [0.15, 0.2) is 78.9 Å². The molecule has 0 radical (unpaired) electrons. The third-order valence-electron chi connectivity index (χ3n) is 6.58. The Morgan fingerprint density at radius 1 is 0.952 bits per heavy atom. The molecule has 0 saturated carbocycles. The molecule has 0 unspecified atom stereocenters. The van der Waals surface area contributed by atoms with Gasteiger partial charge in [0.15, 0.2) is 0 Å². The van der Waals surface area contributed by atoms with E-state index in [1.54, 1.807) is 42.5 Å². The Morgan fingerprint density at radius 2 is 1.57 bits per heavy atom. The summed E-state index contributed by atoms with van der Waals surface area (Å²) in [7, 11) is -2.12. The number of anilines is 1. The smallest absolute Gasteiger partial charge is 0.243 e. The number of benzene rings is 3. The van der Waals surface area contributed by atoms with Crippen LogP contribution in [0.4, 0.5) is 10.1 Å². The van der Waals surface area contributed by atoms with Crippen LogP contribution in [0.25, 0.3) is 0 Å². The van der Waals surface area contributed by atoms with Crippen molar-refractivity contribution in [3.8, 4) is 5.75 Å². The Labute approximate surface area is 248 Å². The van der Waals surface area contributed by atoms with Crippen LogP contribution in [0.5, 0.6) is 5.75 Å². The lowest BCUT2D eigenvalue weighted by molar-refractivity contribution is -0.142. The van der Waals surface area contributed by atoms with Gasteiger partial charge in [0.2, 0.25) is 21.8 Å². The predicted molar refractivity (Wildman–Crippen MR) is 163 cm³/mol. The Bertz CT molecular complexity index is 1440. The van der Waals surface area contributed by atoms with Crippen LogP contribution in [-0.4, -0.2) is 56.6 Å². The highest BCUT2D eigenvalue weighted by atomic mass is 32.2. The van der Waals surface area contributed by atoms with Crippen molar-refractivity contribution in [2.75, 3.05) is 24.2 Å². The molecular weight excluding hydrogens is 557 g/mol. The highest BCUT2D eigenvalue weighted by Gasteiger charge is 2.32. The molecule has 0 spiro atoms. The Hall–Kier alpha value is -3.92. The van der Waals surface area contributed by atoms with Crippen LogP contribution in [0.2, 0.25) is 0 Å². The SMILES string of the molecule is COc1ccc(N(CCCC(=O)N(Cc2ccccc2F)[C@H](Cc2ccccc2)C(=O)NC(C)(C)C)S(C)(=O)=O)cc1. The van der Waals surface area contributed by atoms with E-state index in [2.05, 4.69) is 5.32 Å². The van der Waals surface area contributed by atoms with E-state index < -0.39 is 27.4 Å². The first-order chi connectivity index (χ1) is 19.8. The van der Waals surface area contributed by atoms with E-state index in [1.165, 1.54) is 22.4 Å². The number of hydrogen-bond acceptors (Lipinski definition) is 5. The second-order valence-electron chi connectivity index (χ2n) is 11.2. The van der Waals surface area contributed by atoms with E-state index in [0.29, 0.717) is 11.4 Å². The molecule has 0 aliphatic rings. The zero-order valence-corrected chi connectivity index (χ0v) is 25.7. The maximum Gasteiger partial charge on any atom is 0.243 e. The lowest BCUT2D eigenvalue weighted by atomic mass is 10.00. The van der Waals surface area contributed by atoms with Crippen molar-refractivity contribution in [2.45, 2.75) is 58.2 Å². The highest BCUT2D eigenvalue weighted by molar-refractivity contribution is 7.92. The third kappa shape index (κ3) is 9.58. The maximum atomic E-state index is 14.8. The summed E-state index contributed by atoms with van der Waals surface area (Å²) >= 11 is 0. The first-order valence-electron chi connectivity index (χ1n) is 13.8. The van der Waals surface area contributed by atoms with Gasteiger partial charge in [-0.3, -0.25) is 13.9 Å². The minimum absolute atomic E-state index is 0.0436. The zero-order chi connectivity index (χ0) is 30.9. The van der Waals surface area contributed by atoms with E-state index >= 15 is 0 Å². The number of nitrogens with zero attached hydrogens (tertiary/aromatic N) is 2. The fraction of sp³-hybridized carbons (Fsp3) is 0.375. The molecular formula is C32H40FN3O5S. The average molecular weight is 598 g/mol. The van der Waals surface area contributed by atoms with Gasteiger partial charge < -0.3 is 15.0 Å². The number of amides is 2. The van der Waals surface area contributed by atoms with Gasteiger partial charge in [-0.25, -0.2) is 12.8 Å². The van der Waals surface area contributed by atoms with E-state index in [-0.39, 0.29) is 49.7 Å². The number of ether oxygens (including phenoxy) is 1. The van der Waals surface area contributed by atoms with Crippen LogP contribution < -0.4 is 14.4 Å². The molecule has 1 N–H and O–H groups in total.